The van der Waals surface area contributed by atoms with Gasteiger partial charge in [-0.2, -0.15) is 0 Å². The molecule has 1 heterocycles. The van der Waals surface area contributed by atoms with Crippen LogP contribution in [0, 0.1) is 5.92 Å². The van der Waals surface area contributed by atoms with Crippen molar-refractivity contribution < 1.29 is 9.47 Å². The van der Waals surface area contributed by atoms with Gasteiger partial charge in [-0.3, -0.25) is 0 Å². The zero-order chi connectivity index (χ0) is 13.3. The molecule has 1 aromatic rings. The van der Waals surface area contributed by atoms with Crippen LogP contribution in [-0.4, -0.2) is 20.8 Å². The molecule has 2 unspecified atom stereocenters. The third kappa shape index (κ3) is 2.19. The molecule has 1 N–H and O–H groups in total. The minimum atomic E-state index is 0.399. The summed E-state index contributed by atoms with van der Waals surface area (Å²) in [5.74, 6) is 2.72. The summed E-state index contributed by atoms with van der Waals surface area (Å²) in [5, 5.41) is 3.62. The van der Waals surface area contributed by atoms with Crippen LogP contribution in [0.1, 0.15) is 43.9 Å². The van der Waals surface area contributed by atoms with Crippen molar-refractivity contribution in [3.05, 3.63) is 23.3 Å². The largest absolute Gasteiger partial charge is 0.493 e. The smallest absolute Gasteiger partial charge is 0.161 e. The molecule has 0 aromatic heterocycles. The quantitative estimate of drug-likeness (QED) is 0.893. The van der Waals surface area contributed by atoms with Gasteiger partial charge in [0.1, 0.15) is 0 Å². The van der Waals surface area contributed by atoms with E-state index >= 15 is 0 Å². The third-order valence-corrected chi connectivity index (χ3v) is 3.77. The van der Waals surface area contributed by atoms with E-state index in [4.69, 9.17) is 9.47 Å². The lowest BCUT2D eigenvalue weighted by Crippen LogP contribution is -2.35. The zero-order valence-corrected chi connectivity index (χ0v) is 11.9. The molecule has 0 radical (unpaired) electrons. The Morgan fingerprint density at radius 3 is 2.17 bits per heavy atom. The first kappa shape index (κ1) is 13.2. The molecule has 0 saturated heterocycles. The fraction of sp³-hybridized carbons (Fsp3) is 0.600. The highest BCUT2D eigenvalue weighted by Gasteiger charge is 2.28. The molecule has 18 heavy (non-hydrogen) atoms. The van der Waals surface area contributed by atoms with E-state index in [1.165, 1.54) is 11.1 Å². The molecule has 0 spiro atoms. The Morgan fingerprint density at radius 1 is 1.11 bits per heavy atom. The monoisotopic (exact) mass is 249 g/mol. The molecule has 0 bridgehead atoms. The Morgan fingerprint density at radius 2 is 1.67 bits per heavy atom. The maximum Gasteiger partial charge on any atom is 0.161 e. The van der Waals surface area contributed by atoms with E-state index in [1.54, 1.807) is 14.2 Å². The standard InChI is InChI=1S/C15H23NO2/c1-9(2)15-12-7-14(18-5)13(17-4)6-11(12)10(3)8-16-15/h6-7,9-10,15-16H,8H2,1-5H3. The van der Waals surface area contributed by atoms with Crippen LogP contribution in [0.15, 0.2) is 12.1 Å². The molecule has 1 aliphatic rings. The number of fused-ring (bicyclic) bond motifs is 1. The Balaban J connectivity index is 2.53. The topological polar surface area (TPSA) is 30.5 Å². The highest BCUT2D eigenvalue weighted by atomic mass is 16.5. The minimum absolute atomic E-state index is 0.399. The summed E-state index contributed by atoms with van der Waals surface area (Å²) < 4.78 is 10.8. The van der Waals surface area contributed by atoms with Crippen molar-refractivity contribution in [3.8, 4) is 11.5 Å². The molecule has 1 aromatic carbocycles. The van der Waals surface area contributed by atoms with E-state index in [1.807, 2.05) is 0 Å². The van der Waals surface area contributed by atoms with Crippen LogP contribution in [0.3, 0.4) is 0 Å². The predicted molar refractivity (Wildman–Crippen MR) is 73.5 cm³/mol. The van der Waals surface area contributed by atoms with Gasteiger partial charge in [-0.15, -0.1) is 0 Å². The third-order valence-electron chi connectivity index (χ3n) is 3.77. The van der Waals surface area contributed by atoms with Crippen molar-refractivity contribution in [1.29, 1.82) is 0 Å². The Labute approximate surface area is 109 Å². The second-order valence-corrected chi connectivity index (χ2v) is 5.37. The fourth-order valence-corrected chi connectivity index (χ4v) is 2.73. The zero-order valence-electron chi connectivity index (χ0n) is 11.9. The summed E-state index contributed by atoms with van der Waals surface area (Å²) in [6.07, 6.45) is 0. The van der Waals surface area contributed by atoms with E-state index in [9.17, 15) is 0 Å². The van der Waals surface area contributed by atoms with Gasteiger partial charge in [-0.05, 0) is 35.1 Å². The van der Waals surface area contributed by atoms with Crippen LogP contribution in [0.4, 0.5) is 0 Å². The number of benzene rings is 1. The first-order valence-corrected chi connectivity index (χ1v) is 6.57. The van der Waals surface area contributed by atoms with Gasteiger partial charge < -0.3 is 14.8 Å². The van der Waals surface area contributed by atoms with Crippen molar-refractivity contribution in [3.63, 3.8) is 0 Å². The maximum absolute atomic E-state index is 5.41. The molecule has 0 fully saturated rings. The number of rotatable bonds is 3. The van der Waals surface area contributed by atoms with Gasteiger partial charge in [-0.1, -0.05) is 20.8 Å². The van der Waals surface area contributed by atoms with Gasteiger partial charge in [0.15, 0.2) is 11.5 Å². The fourth-order valence-electron chi connectivity index (χ4n) is 2.73. The van der Waals surface area contributed by atoms with Crippen molar-refractivity contribution in [2.75, 3.05) is 20.8 Å². The Hall–Kier alpha value is -1.22. The van der Waals surface area contributed by atoms with Crippen molar-refractivity contribution in [2.45, 2.75) is 32.7 Å². The first-order valence-electron chi connectivity index (χ1n) is 6.57. The van der Waals surface area contributed by atoms with E-state index in [-0.39, 0.29) is 0 Å². The van der Waals surface area contributed by atoms with E-state index in [0.717, 1.165) is 18.0 Å². The highest BCUT2D eigenvalue weighted by Crippen LogP contribution is 2.40. The molecule has 0 saturated carbocycles. The second kappa shape index (κ2) is 5.19. The van der Waals surface area contributed by atoms with E-state index in [2.05, 4.69) is 38.2 Å². The van der Waals surface area contributed by atoms with Crippen LogP contribution < -0.4 is 14.8 Å². The number of methoxy groups -OCH3 is 2. The van der Waals surface area contributed by atoms with Crippen molar-refractivity contribution in [2.24, 2.45) is 5.92 Å². The predicted octanol–water partition coefficient (Wildman–Crippen LogP) is 3.11. The summed E-state index contributed by atoms with van der Waals surface area (Å²) in [7, 11) is 3.38. The maximum atomic E-state index is 5.41. The average Bonchev–Trinajstić information content (AvgIpc) is 2.37. The summed E-state index contributed by atoms with van der Waals surface area (Å²) in [6, 6.07) is 4.66. The SMILES string of the molecule is COc1cc2c(cc1OC)C(C(C)C)NCC2C. The van der Waals surface area contributed by atoms with Gasteiger partial charge >= 0.3 is 0 Å². The molecule has 2 rings (SSSR count). The summed E-state index contributed by atoms with van der Waals surface area (Å²) in [5.41, 5.74) is 2.73. The molecule has 1 aliphatic heterocycles. The highest BCUT2D eigenvalue weighted by molar-refractivity contribution is 5.50. The summed E-state index contributed by atoms with van der Waals surface area (Å²) >= 11 is 0. The molecular formula is C15H23NO2. The molecule has 100 valence electrons. The van der Waals surface area contributed by atoms with Crippen LogP contribution in [-0.2, 0) is 0 Å². The summed E-state index contributed by atoms with van der Waals surface area (Å²) in [4.78, 5) is 0. The molecule has 3 heteroatoms. The van der Waals surface area contributed by atoms with Gasteiger partial charge in [0.05, 0.1) is 14.2 Å². The second-order valence-electron chi connectivity index (χ2n) is 5.37. The lowest BCUT2D eigenvalue weighted by Gasteiger charge is -2.34. The molecule has 0 amide bonds. The Bertz CT molecular complexity index is 429. The number of nitrogens with one attached hydrogen (secondary N) is 1. The van der Waals surface area contributed by atoms with Crippen molar-refractivity contribution in [1.82, 2.24) is 5.32 Å². The summed E-state index contributed by atoms with van der Waals surface area (Å²) in [6.45, 7) is 7.75. The van der Waals surface area contributed by atoms with E-state index in [0.29, 0.717) is 17.9 Å². The minimum Gasteiger partial charge on any atom is -0.493 e. The molecule has 3 nitrogen and oxygen atoms in total. The van der Waals surface area contributed by atoms with E-state index < -0.39 is 0 Å². The van der Waals surface area contributed by atoms with Crippen LogP contribution in [0.2, 0.25) is 0 Å². The Kier molecular flexibility index (Phi) is 3.81. The van der Waals surface area contributed by atoms with Crippen LogP contribution in [0.5, 0.6) is 11.5 Å². The lowest BCUT2D eigenvalue weighted by atomic mass is 9.83. The molecular weight excluding hydrogens is 226 g/mol. The van der Waals surface area contributed by atoms with Crippen LogP contribution >= 0.6 is 0 Å². The average molecular weight is 249 g/mol. The van der Waals surface area contributed by atoms with Crippen LogP contribution in [0.25, 0.3) is 0 Å². The van der Waals surface area contributed by atoms with Gasteiger partial charge in [0.25, 0.3) is 0 Å². The molecule has 0 aliphatic carbocycles. The first-order chi connectivity index (χ1) is 8.58. The molecule has 2 atom stereocenters. The number of hydrogen-bond donors (Lipinski definition) is 1. The number of ether oxygens (including phenoxy) is 2. The normalized spacial score (nSPS) is 22.8. The number of hydrogen-bond acceptors (Lipinski definition) is 3. The van der Waals surface area contributed by atoms with Gasteiger partial charge in [-0.25, -0.2) is 0 Å². The van der Waals surface area contributed by atoms with Crippen molar-refractivity contribution >= 4 is 0 Å². The van der Waals surface area contributed by atoms with Gasteiger partial charge in [0, 0.05) is 12.6 Å². The van der Waals surface area contributed by atoms with Gasteiger partial charge in [0.2, 0.25) is 0 Å². The lowest BCUT2D eigenvalue weighted by molar-refractivity contribution is 0.343.